The van der Waals surface area contributed by atoms with Crippen LogP contribution >= 0.6 is 0 Å². The number of piperazine rings is 1. The van der Waals surface area contributed by atoms with Gasteiger partial charge in [-0.25, -0.2) is 9.97 Å². The number of nitrogens with zero attached hydrogens (tertiary/aromatic N) is 4. The molecule has 6 heteroatoms. The third-order valence-electron chi connectivity index (χ3n) is 4.25. The highest BCUT2D eigenvalue weighted by Gasteiger charge is 2.32. The Balaban J connectivity index is 1.57. The van der Waals surface area contributed by atoms with Crippen molar-refractivity contribution < 1.29 is 4.74 Å². The molecule has 1 aromatic heterocycles. The van der Waals surface area contributed by atoms with Crippen molar-refractivity contribution in [2.24, 2.45) is 5.73 Å². The molecule has 0 bridgehead atoms. The van der Waals surface area contributed by atoms with Crippen LogP contribution in [-0.4, -0.2) is 66.3 Å². The summed E-state index contributed by atoms with van der Waals surface area (Å²) >= 11 is 0. The monoisotopic (exact) mass is 277 g/mol. The van der Waals surface area contributed by atoms with Crippen molar-refractivity contribution in [1.82, 2.24) is 14.9 Å². The van der Waals surface area contributed by atoms with Gasteiger partial charge < -0.3 is 15.4 Å². The van der Waals surface area contributed by atoms with E-state index in [0.717, 1.165) is 45.2 Å². The molecule has 0 radical (unpaired) electrons. The van der Waals surface area contributed by atoms with E-state index in [1.807, 2.05) is 6.07 Å². The molecule has 2 N–H and O–H groups in total. The standard InChI is InChI=1S/C14H23N5O/c15-11-12(13-3-1-10-20-13)18-6-8-19(9-7-18)14-16-4-2-5-17-14/h2,4-5,12-13H,1,3,6-11,15H2. The van der Waals surface area contributed by atoms with Crippen molar-refractivity contribution in [3.63, 3.8) is 0 Å². The van der Waals surface area contributed by atoms with E-state index in [0.29, 0.717) is 18.7 Å². The summed E-state index contributed by atoms with van der Waals surface area (Å²) in [6.45, 7) is 5.46. The molecule has 1 aromatic rings. The summed E-state index contributed by atoms with van der Waals surface area (Å²) in [7, 11) is 0. The minimum atomic E-state index is 0.319. The van der Waals surface area contributed by atoms with E-state index < -0.39 is 0 Å². The fourth-order valence-electron chi connectivity index (χ4n) is 3.15. The van der Waals surface area contributed by atoms with Crippen LogP contribution in [0, 0.1) is 0 Å². The van der Waals surface area contributed by atoms with Gasteiger partial charge in [-0.05, 0) is 18.9 Å². The first-order valence-corrected chi connectivity index (χ1v) is 7.46. The summed E-state index contributed by atoms with van der Waals surface area (Å²) in [6.07, 6.45) is 6.22. The average molecular weight is 277 g/mol. The Morgan fingerprint density at radius 1 is 1.25 bits per heavy atom. The molecule has 0 aliphatic carbocycles. The molecule has 6 nitrogen and oxygen atoms in total. The van der Waals surface area contributed by atoms with Crippen LogP contribution in [0.15, 0.2) is 18.5 Å². The van der Waals surface area contributed by atoms with Crippen molar-refractivity contribution in [2.75, 3.05) is 44.2 Å². The Kier molecular flexibility index (Phi) is 4.44. The quantitative estimate of drug-likeness (QED) is 0.842. The van der Waals surface area contributed by atoms with Gasteiger partial charge in [0.05, 0.1) is 6.10 Å². The van der Waals surface area contributed by atoms with Crippen LogP contribution in [0.3, 0.4) is 0 Å². The lowest BCUT2D eigenvalue weighted by atomic mass is 10.1. The van der Waals surface area contributed by atoms with Crippen molar-refractivity contribution in [1.29, 1.82) is 0 Å². The third kappa shape index (κ3) is 2.92. The Hall–Kier alpha value is -1.24. The Bertz CT molecular complexity index is 401. The molecule has 0 aromatic carbocycles. The van der Waals surface area contributed by atoms with Crippen LogP contribution in [-0.2, 0) is 4.74 Å². The minimum Gasteiger partial charge on any atom is -0.377 e. The topological polar surface area (TPSA) is 67.5 Å². The van der Waals surface area contributed by atoms with Crippen molar-refractivity contribution in [3.8, 4) is 0 Å². The van der Waals surface area contributed by atoms with Crippen LogP contribution in [0.25, 0.3) is 0 Å². The lowest BCUT2D eigenvalue weighted by Crippen LogP contribution is -2.56. The molecule has 2 saturated heterocycles. The minimum absolute atomic E-state index is 0.319. The first kappa shape index (κ1) is 13.7. The predicted molar refractivity (Wildman–Crippen MR) is 77.6 cm³/mol. The number of ether oxygens (including phenoxy) is 1. The molecule has 2 aliphatic rings. The van der Waals surface area contributed by atoms with Crippen molar-refractivity contribution >= 4 is 5.95 Å². The molecule has 2 aliphatic heterocycles. The van der Waals surface area contributed by atoms with Gasteiger partial charge >= 0.3 is 0 Å². The number of hydrogen-bond acceptors (Lipinski definition) is 6. The van der Waals surface area contributed by atoms with E-state index in [2.05, 4.69) is 19.8 Å². The van der Waals surface area contributed by atoms with E-state index in [4.69, 9.17) is 10.5 Å². The molecule has 2 atom stereocenters. The van der Waals surface area contributed by atoms with Crippen LogP contribution in [0.4, 0.5) is 5.95 Å². The first-order valence-electron chi connectivity index (χ1n) is 7.46. The van der Waals surface area contributed by atoms with E-state index in [9.17, 15) is 0 Å². The molecule has 0 spiro atoms. The van der Waals surface area contributed by atoms with Gasteiger partial charge in [0.1, 0.15) is 0 Å². The van der Waals surface area contributed by atoms with Gasteiger partial charge in [0.15, 0.2) is 0 Å². The summed E-state index contributed by atoms with van der Waals surface area (Å²) in [5.41, 5.74) is 5.97. The predicted octanol–water partition coefficient (Wildman–Crippen LogP) is 0.105. The molecule has 20 heavy (non-hydrogen) atoms. The number of rotatable bonds is 4. The lowest BCUT2D eigenvalue weighted by Gasteiger charge is -2.40. The molecule has 3 rings (SSSR count). The zero-order valence-electron chi connectivity index (χ0n) is 11.8. The number of aromatic nitrogens is 2. The summed E-state index contributed by atoms with van der Waals surface area (Å²) in [5.74, 6) is 0.827. The number of anilines is 1. The average Bonchev–Trinajstić information content (AvgIpc) is 3.04. The van der Waals surface area contributed by atoms with Gasteiger partial charge in [0.25, 0.3) is 0 Å². The van der Waals surface area contributed by atoms with Gasteiger partial charge in [-0.2, -0.15) is 0 Å². The molecule has 0 saturated carbocycles. The molecular weight excluding hydrogens is 254 g/mol. The summed E-state index contributed by atoms with van der Waals surface area (Å²) < 4.78 is 5.81. The second kappa shape index (κ2) is 6.47. The van der Waals surface area contributed by atoms with Crippen LogP contribution < -0.4 is 10.6 Å². The maximum absolute atomic E-state index is 5.97. The van der Waals surface area contributed by atoms with Gasteiger partial charge in [0.2, 0.25) is 5.95 Å². The highest BCUT2D eigenvalue weighted by Crippen LogP contribution is 2.21. The first-order chi connectivity index (χ1) is 9.88. The van der Waals surface area contributed by atoms with E-state index >= 15 is 0 Å². The maximum Gasteiger partial charge on any atom is 0.225 e. The van der Waals surface area contributed by atoms with Crippen LogP contribution in [0.2, 0.25) is 0 Å². The summed E-state index contributed by atoms with van der Waals surface area (Å²) in [6, 6.07) is 2.21. The lowest BCUT2D eigenvalue weighted by molar-refractivity contribution is 0.0249. The molecular formula is C14H23N5O. The Morgan fingerprint density at radius 2 is 2.00 bits per heavy atom. The van der Waals surface area contributed by atoms with Crippen molar-refractivity contribution in [3.05, 3.63) is 18.5 Å². The largest absolute Gasteiger partial charge is 0.377 e. The summed E-state index contributed by atoms with van der Waals surface area (Å²) in [5, 5.41) is 0. The highest BCUT2D eigenvalue weighted by atomic mass is 16.5. The summed E-state index contributed by atoms with van der Waals surface area (Å²) in [4.78, 5) is 13.3. The number of hydrogen-bond donors (Lipinski definition) is 1. The third-order valence-corrected chi connectivity index (χ3v) is 4.25. The van der Waals surface area contributed by atoms with Crippen molar-refractivity contribution in [2.45, 2.75) is 25.0 Å². The van der Waals surface area contributed by atoms with Gasteiger partial charge in [0, 0.05) is 57.8 Å². The van der Waals surface area contributed by atoms with Gasteiger partial charge in [-0.15, -0.1) is 0 Å². The van der Waals surface area contributed by atoms with E-state index in [1.165, 1.54) is 6.42 Å². The zero-order chi connectivity index (χ0) is 13.8. The molecule has 2 unspecified atom stereocenters. The molecule has 110 valence electrons. The Morgan fingerprint density at radius 3 is 2.60 bits per heavy atom. The second-order valence-electron chi connectivity index (χ2n) is 5.43. The second-order valence-corrected chi connectivity index (χ2v) is 5.43. The Labute approximate surface area is 119 Å². The van der Waals surface area contributed by atoms with E-state index in [1.54, 1.807) is 12.4 Å². The van der Waals surface area contributed by atoms with E-state index in [-0.39, 0.29) is 0 Å². The maximum atomic E-state index is 5.97. The highest BCUT2D eigenvalue weighted by molar-refractivity contribution is 5.29. The molecule has 0 amide bonds. The van der Waals surface area contributed by atoms with Gasteiger partial charge in [-0.1, -0.05) is 0 Å². The molecule has 3 heterocycles. The zero-order valence-corrected chi connectivity index (χ0v) is 11.8. The van der Waals surface area contributed by atoms with Gasteiger partial charge in [-0.3, -0.25) is 4.90 Å². The van der Waals surface area contributed by atoms with Crippen LogP contribution in [0.5, 0.6) is 0 Å². The SMILES string of the molecule is NCC(C1CCCO1)N1CCN(c2ncccn2)CC1. The smallest absolute Gasteiger partial charge is 0.225 e. The molecule has 2 fully saturated rings. The fourth-order valence-corrected chi connectivity index (χ4v) is 3.15. The normalized spacial score (nSPS) is 25.9. The van der Waals surface area contributed by atoms with Crippen LogP contribution in [0.1, 0.15) is 12.8 Å². The fraction of sp³-hybridized carbons (Fsp3) is 0.714. The number of nitrogens with two attached hydrogens (primary N) is 1.